The Hall–Kier alpha value is -7.27. The van der Waals surface area contributed by atoms with Gasteiger partial charge in [-0.3, -0.25) is 38.5 Å². The van der Waals surface area contributed by atoms with Crippen molar-refractivity contribution >= 4 is 62.3 Å². The van der Waals surface area contributed by atoms with Crippen molar-refractivity contribution < 1.29 is 33.3 Å². The summed E-state index contributed by atoms with van der Waals surface area (Å²) in [7, 11) is 6.15. The second-order valence-corrected chi connectivity index (χ2v) is 20.6. The number of rotatable bonds is 11. The largest absolute Gasteiger partial charge is 0.497 e. The van der Waals surface area contributed by atoms with Gasteiger partial charge >= 0.3 is 0 Å². The Morgan fingerprint density at radius 1 is 0.662 bits per heavy atom. The Balaban J connectivity index is 0.000000184. The van der Waals surface area contributed by atoms with Crippen LogP contribution in [0.25, 0.3) is 34.0 Å². The summed E-state index contributed by atoms with van der Waals surface area (Å²) in [4.78, 5) is 72.1. The number of alkyl halides is 1. The minimum Gasteiger partial charge on any atom is -0.497 e. The van der Waals surface area contributed by atoms with Crippen molar-refractivity contribution in [1.29, 1.82) is 5.41 Å². The number of ketones is 3. The van der Waals surface area contributed by atoms with Gasteiger partial charge in [-0.1, -0.05) is 79.0 Å². The van der Waals surface area contributed by atoms with Gasteiger partial charge in [-0.25, -0.2) is 4.98 Å². The molecule has 2 aliphatic carbocycles. The number of ether oxygens (including phenoxy) is 4. The zero-order valence-electron chi connectivity index (χ0n) is 42.1. The Morgan fingerprint density at radius 2 is 1.14 bits per heavy atom. The van der Waals surface area contributed by atoms with Crippen LogP contribution in [-0.2, 0) is 12.8 Å². The van der Waals surface area contributed by atoms with E-state index in [0.29, 0.717) is 115 Å². The molecule has 0 amide bonds. The summed E-state index contributed by atoms with van der Waals surface area (Å²) in [5.74, 6) is 2.05. The lowest BCUT2D eigenvalue weighted by molar-refractivity contribution is 0.0899. The predicted molar refractivity (Wildman–Crippen MR) is 292 cm³/mol. The SMILES string of the molecule is COc1ccc(OC)c(-n2c3c(cc(-c4ncc(-c5ccc(Cl)cc5)[nH]4)c2=O)C(=O)CC(C)(C)C3)c1.COc1ccc(OC)c(-n2c3c(cc(C(=N)N)c2=O)C(=O)CC(C)(C)C3)c1.O=C(CBr)c1ccc(Cl)cc1. The standard InChI is InChI=1S/C28H26ClN3O4.C20H23N3O4.C8H6BrClO/c1-28(2)13-23-19(24(33)14-28)12-20(26-30-15-21(31-26)16-5-7-17(29)8-6-16)27(34)32(23)22-11-18(35-3)9-10-25(22)36-4;1-20(2)9-15-12(16(24)10-20)8-13(18(21)22)19(25)23(15)14-7-11(26-3)5-6-17(14)27-4;9-5-8(11)6-1-3-7(10)4-2-6/h5-12,15H,13-14H2,1-4H3,(H,30,31);5-8H,9-10H2,1-4H3,(H3,21,22);1-4H,5H2. The lowest BCUT2D eigenvalue weighted by Crippen LogP contribution is -2.37. The first-order chi connectivity index (χ1) is 35.1. The molecule has 9 rings (SSSR count). The van der Waals surface area contributed by atoms with Crippen LogP contribution in [0.1, 0.15) is 88.6 Å². The zero-order chi connectivity index (χ0) is 53.8. The Labute approximate surface area is 446 Å². The predicted octanol–water partition coefficient (Wildman–Crippen LogP) is 10.9. The van der Waals surface area contributed by atoms with E-state index in [4.69, 9.17) is 53.3 Å². The highest BCUT2D eigenvalue weighted by atomic mass is 79.9. The number of Topliss-reactive ketones (excluding diaryl/α,β-unsaturated/α-hetero) is 3. The van der Waals surface area contributed by atoms with E-state index in [0.717, 1.165) is 11.3 Å². The number of H-pyrrole nitrogens is 1. The number of amidine groups is 1. The summed E-state index contributed by atoms with van der Waals surface area (Å²) in [6, 6.07) is 27.6. The van der Waals surface area contributed by atoms with Gasteiger partial charge in [0.05, 0.1) is 68.2 Å². The molecule has 0 atom stereocenters. The lowest BCUT2D eigenvalue weighted by Gasteiger charge is -2.32. The molecule has 384 valence electrons. The van der Waals surface area contributed by atoms with Gasteiger partial charge in [0.25, 0.3) is 11.1 Å². The topological polar surface area (TPSA) is 211 Å². The first-order valence-corrected chi connectivity index (χ1v) is 25.1. The van der Waals surface area contributed by atoms with Gasteiger partial charge in [0.1, 0.15) is 34.7 Å². The fraction of sp³-hybridized carbons (Fsp3) is 0.268. The van der Waals surface area contributed by atoms with E-state index in [2.05, 4.69) is 25.9 Å². The third kappa shape index (κ3) is 11.7. The molecule has 7 aromatic rings. The van der Waals surface area contributed by atoms with E-state index in [1.165, 1.54) is 24.9 Å². The molecule has 4 aromatic carbocycles. The molecule has 2 aliphatic rings. The third-order valence-corrected chi connectivity index (χ3v) is 13.6. The Kier molecular flexibility index (Phi) is 16.5. The van der Waals surface area contributed by atoms with Crippen LogP contribution in [0, 0.1) is 16.2 Å². The number of nitrogen functional groups attached to an aromatic ring is 1. The fourth-order valence-corrected chi connectivity index (χ4v) is 9.57. The molecule has 0 saturated heterocycles. The lowest BCUT2D eigenvalue weighted by atomic mass is 9.75. The monoisotopic (exact) mass is 1100 g/mol. The van der Waals surface area contributed by atoms with Gasteiger partial charge in [-0.05, 0) is 102 Å². The molecule has 0 radical (unpaired) electrons. The number of nitrogens with zero attached hydrogens (tertiary/aromatic N) is 3. The van der Waals surface area contributed by atoms with E-state index in [1.807, 2.05) is 39.8 Å². The number of benzene rings is 4. The third-order valence-electron chi connectivity index (χ3n) is 12.6. The average Bonchev–Trinajstić information content (AvgIpc) is 3.86. The van der Waals surface area contributed by atoms with Crippen LogP contribution in [0.15, 0.2) is 113 Å². The van der Waals surface area contributed by atoms with E-state index in [-0.39, 0.29) is 45.1 Å². The molecule has 4 N–H and O–H groups in total. The highest BCUT2D eigenvalue weighted by Gasteiger charge is 2.37. The molecular weight excluding hydrogens is 1050 g/mol. The van der Waals surface area contributed by atoms with Crippen LogP contribution >= 0.6 is 39.1 Å². The Morgan fingerprint density at radius 3 is 1.59 bits per heavy atom. The molecule has 74 heavy (non-hydrogen) atoms. The van der Waals surface area contributed by atoms with Gasteiger partial charge in [0.2, 0.25) is 0 Å². The molecule has 3 heterocycles. The molecule has 15 nitrogen and oxygen atoms in total. The normalized spacial score (nSPS) is 14.0. The summed E-state index contributed by atoms with van der Waals surface area (Å²) < 4.78 is 24.8. The van der Waals surface area contributed by atoms with E-state index >= 15 is 0 Å². The van der Waals surface area contributed by atoms with E-state index in [9.17, 15) is 24.0 Å². The molecule has 18 heteroatoms. The molecule has 3 aromatic heterocycles. The summed E-state index contributed by atoms with van der Waals surface area (Å²) in [5, 5.41) is 9.41. The maximum atomic E-state index is 14.1. The maximum absolute atomic E-state index is 14.1. The molecule has 0 aliphatic heterocycles. The molecule has 0 fully saturated rings. The number of hydrogen-bond acceptors (Lipinski definition) is 11. The van der Waals surface area contributed by atoms with Crippen LogP contribution in [-0.4, -0.2) is 76.1 Å². The molecule has 0 saturated carbocycles. The Bertz CT molecular complexity index is 3440. The second-order valence-electron chi connectivity index (χ2n) is 19.2. The molecule has 0 spiro atoms. The number of fused-ring (bicyclic) bond motifs is 2. The van der Waals surface area contributed by atoms with Gasteiger partial charge in [-0.15, -0.1) is 0 Å². The van der Waals surface area contributed by atoms with Crippen molar-refractivity contribution in [2.75, 3.05) is 33.8 Å². The van der Waals surface area contributed by atoms with Gasteiger partial charge in [0, 0.05) is 63.1 Å². The van der Waals surface area contributed by atoms with Crippen molar-refractivity contribution in [3.05, 3.63) is 168 Å². The van der Waals surface area contributed by atoms with E-state index < -0.39 is 5.56 Å². The zero-order valence-corrected chi connectivity index (χ0v) is 45.2. The number of carbonyl (C=O) groups is 3. The summed E-state index contributed by atoms with van der Waals surface area (Å²) in [6.45, 7) is 8.04. The summed E-state index contributed by atoms with van der Waals surface area (Å²) >= 11 is 14.7. The van der Waals surface area contributed by atoms with Crippen LogP contribution in [0.5, 0.6) is 23.0 Å². The highest BCUT2D eigenvalue weighted by molar-refractivity contribution is 9.09. The number of aromatic nitrogens is 4. The van der Waals surface area contributed by atoms with Crippen LogP contribution in [0.3, 0.4) is 0 Å². The summed E-state index contributed by atoms with van der Waals surface area (Å²) in [5.41, 5.74) is 10.0. The smallest absolute Gasteiger partial charge is 0.266 e. The van der Waals surface area contributed by atoms with Crippen molar-refractivity contribution in [2.24, 2.45) is 16.6 Å². The molecule has 0 bridgehead atoms. The first-order valence-electron chi connectivity index (χ1n) is 23.2. The number of carbonyl (C=O) groups excluding carboxylic acids is 3. The van der Waals surface area contributed by atoms with Crippen LogP contribution < -0.4 is 35.8 Å². The second kappa shape index (κ2) is 22.5. The summed E-state index contributed by atoms with van der Waals surface area (Å²) in [6.07, 6.45) is 3.50. The number of pyridine rings is 2. The number of nitrogens with one attached hydrogen (secondary N) is 2. The van der Waals surface area contributed by atoms with Crippen molar-refractivity contribution in [3.8, 4) is 57.0 Å². The van der Waals surface area contributed by atoms with Crippen molar-refractivity contribution in [1.82, 2.24) is 19.1 Å². The van der Waals surface area contributed by atoms with Crippen LogP contribution in [0.4, 0.5) is 0 Å². The minimum atomic E-state index is -0.460. The number of halogens is 3. The quantitative estimate of drug-likeness (QED) is 0.0480. The van der Waals surface area contributed by atoms with Gasteiger partial charge in [0.15, 0.2) is 17.3 Å². The molecule has 0 unspecified atom stereocenters. The first kappa shape index (κ1) is 54.5. The number of methoxy groups -OCH3 is 4. The van der Waals surface area contributed by atoms with Gasteiger partial charge in [-0.2, -0.15) is 0 Å². The fourth-order valence-electron chi connectivity index (χ4n) is 8.99. The number of imidazole rings is 1. The average molecular weight is 1110 g/mol. The minimum absolute atomic E-state index is 0.00770. The van der Waals surface area contributed by atoms with Crippen LogP contribution in [0.2, 0.25) is 10.0 Å². The maximum Gasteiger partial charge on any atom is 0.266 e. The van der Waals surface area contributed by atoms with Crippen molar-refractivity contribution in [3.63, 3.8) is 0 Å². The number of hydrogen-bond donors (Lipinski definition) is 3. The van der Waals surface area contributed by atoms with E-state index in [1.54, 1.807) is 104 Å². The number of nitrogens with two attached hydrogens (primary N) is 1. The van der Waals surface area contributed by atoms with Gasteiger partial charge < -0.3 is 29.7 Å². The molecular formula is C56H55BrCl2N6O9. The highest BCUT2D eigenvalue weighted by Crippen LogP contribution is 2.40. The number of aromatic amines is 1. The van der Waals surface area contributed by atoms with Crippen molar-refractivity contribution in [2.45, 2.75) is 53.4 Å².